The number of nitrogens with one attached hydrogen (secondary N) is 1. The third-order valence-electron chi connectivity index (χ3n) is 2.69. The summed E-state index contributed by atoms with van der Waals surface area (Å²) in [7, 11) is 0. The second-order valence-corrected chi connectivity index (χ2v) is 4.12. The lowest BCUT2D eigenvalue weighted by Gasteiger charge is -2.19. The molecular formula is C13H24N2O. The third kappa shape index (κ3) is 4.81. The SMILES string of the molecule is CCCN(CC)CCNCc1ccc(C)o1. The van der Waals surface area contributed by atoms with Crippen LogP contribution in [0.5, 0.6) is 0 Å². The van der Waals surface area contributed by atoms with Gasteiger partial charge in [0.2, 0.25) is 0 Å². The molecule has 0 saturated carbocycles. The number of hydrogen-bond acceptors (Lipinski definition) is 3. The maximum absolute atomic E-state index is 5.49. The summed E-state index contributed by atoms with van der Waals surface area (Å²) in [5.41, 5.74) is 0. The molecule has 0 bridgehead atoms. The Morgan fingerprint density at radius 3 is 2.62 bits per heavy atom. The van der Waals surface area contributed by atoms with E-state index in [4.69, 9.17) is 4.42 Å². The van der Waals surface area contributed by atoms with Gasteiger partial charge in [-0.2, -0.15) is 0 Å². The fourth-order valence-electron chi connectivity index (χ4n) is 1.77. The maximum atomic E-state index is 5.49. The van der Waals surface area contributed by atoms with Crippen molar-refractivity contribution in [3.8, 4) is 0 Å². The number of furan rings is 1. The van der Waals surface area contributed by atoms with E-state index in [9.17, 15) is 0 Å². The van der Waals surface area contributed by atoms with Crippen LogP contribution in [0.15, 0.2) is 16.5 Å². The van der Waals surface area contributed by atoms with Gasteiger partial charge in [-0.3, -0.25) is 0 Å². The Hall–Kier alpha value is -0.800. The molecule has 0 saturated heterocycles. The number of likely N-dealkylation sites (N-methyl/N-ethyl adjacent to an activating group) is 1. The summed E-state index contributed by atoms with van der Waals surface area (Å²) < 4.78 is 5.49. The highest BCUT2D eigenvalue weighted by atomic mass is 16.3. The molecule has 3 nitrogen and oxygen atoms in total. The first-order valence-corrected chi connectivity index (χ1v) is 6.24. The van der Waals surface area contributed by atoms with Crippen molar-refractivity contribution in [1.29, 1.82) is 0 Å². The van der Waals surface area contributed by atoms with Crippen LogP contribution in [-0.2, 0) is 6.54 Å². The Morgan fingerprint density at radius 2 is 2.06 bits per heavy atom. The van der Waals surface area contributed by atoms with Gasteiger partial charge in [-0.25, -0.2) is 0 Å². The molecule has 0 aliphatic heterocycles. The van der Waals surface area contributed by atoms with Gasteiger partial charge >= 0.3 is 0 Å². The zero-order valence-corrected chi connectivity index (χ0v) is 10.8. The molecule has 0 radical (unpaired) electrons. The van der Waals surface area contributed by atoms with Crippen molar-refractivity contribution in [3.05, 3.63) is 23.7 Å². The lowest BCUT2D eigenvalue weighted by Crippen LogP contribution is -2.32. The molecule has 0 aromatic carbocycles. The van der Waals surface area contributed by atoms with Crippen LogP contribution in [0, 0.1) is 6.92 Å². The molecule has 0 aliphatic carbocycles. The highest BCUT2D eigenvalue weighted by molar-refractivity contribution is 5.04. The molecule has 0 unspecified atom stereocenters. The monoisotopic (exact) mass is 224 g/mol. The second-order valence-electron chi connectivity index (χ2n) is 4.12. The van der Waals surface area contributed by atoms with E-state index in [1.807, 2.05) is 19.1 Å². The first-order chi connectivity index (χ1) is 7.76. The summed E-state index contributed by atoms with van der Waals surface area (Å²) in [5, 5.41) is 3.40. The van der Waals surface area contributed by atoms with Crippen LogP contribution < -0.4 is 5.32 Å². The van der Waals surface area contributed by atoms with Crippen molar-refractivity contribution in [2.75, 3.05) is 26.2 Å². The first-order valence-electron chi connectivity index (χ1n) is 6.24. The predicted molar refractivity (Wildman–Crippen MR) is 67.6 cm³/mol. The lowest BCUT2D eigenvalue weighted by molar-refractivity contribution is 0.286. The van der Waals surface area contributed by atoms with Gasteiger partial charge in [-0.1, -0.05) is 13.8 Å². The average Bonchev–Trinajstić information content (AvgIpc) is 2.69. The summed E-state index contributed by atoms with van der Waals surface area (Å²) in [4.78, 5) is 2.46. The smallest absolute Gasteiger partial charge is 0.117 e. The lowest BCUT2D eigenvalue weighted by atomic mass is 10.4. The molecule has 0 spiro atoms. The number of aryl methyl sites for hydroxylation is 1. The Balaban J connectivity index is 2.11. The van der Waals surface area contributed by atoms with Crippen LogP contribution in [0.3, 0.4) is 0 Å². The minimum atomic E-state index is 0.831. The Bertz CT molecular complexity index is 283. The normalized spacial score (nSPS) is 11.2. The Labute approximate surface area is 98.8 Å². The van der Waals surface area contributed by atoms with Gasteiger partial charge in [0.25, 0.3) is 0 Å². The van der Waals surface area contributed by atoms with Gasteiger partial charge in [0, 0.05) is 13.1 Å². The summed E-state index contributed by atoms with van der Waals surface area (Å²) in [5.74, 6) is 2.01. The molecule has 0 fully saturated rings. The molecule has 16 heavy (non-hydrogen) atoms. The van der Waals surface area contributed by atoms with Gasteiger partial charge < -0.3 is 14.6 Å². The minimum Gasteiger partial charge on any atom is -0.465 e. The van der Waals surface area contributed by atoms with Gasteiger partial charge in [0.05, 0.1) is 6.54 Å². The fourth-order valence-corrected chi connectivity index (χ4v) is 1.77. The van der Waals surface area contributed by atoms with Crippen molar-refractivity contribution in [1.82, 2.24) is 10.2 Å². The van der Waals surface area contributed by atoms with Crippen molar-refractivity contribution in [3.63, 3.8) is 0 Å². The van der Waals surface area contributed by atoms with E-state index in [1.54, 1.807) is 0 Å². The summed E-state index contributed by atoms with van der Waals surface area (Å²) in [6.07, 6.45) is 1.23. The van der Waals surface area contributed by atoms with Crippen LogP contribution >= 0.6 is 0 Å². The molecule has 0 amide bonds. The molecule has 1 aromatic heterocycles. The fraction of sp³-hybridized carbons (Fsp3) is 0.692. The Morgan fingerprint density at radius 1 is 1.25 bits per heavy atom. The molecule has 1 rings (SSSR count). The summed E-state index contributed by atoms with van der Waals surface area (Å²) in [6, 6.07) is 4.04. The standard InChI is InChI=1S/C13H24N2O/c1-4-9-15(5-2)10-8-14-11-13-7-6-12(3)16-13/h6-7,14H,4-5,8-11H2,1-3H3. The zero-order valence-electron chi connectivity index (χ0n) is 10.8. The van der Waals surface area contributed by atoms with Gasteiger partial charge in [0.1, 0.15) is 11.5 Å². The molecule has 92 valence electrons. The largest absolute Gasteiger partial charge is 0.465 e. The second kappa shape index (κ2) is 7.47. The van der Waals surface area contributed by atoms with E-state index in [2.05, 4.69) is 24.1 Å². The third-order valence-corrected chi connectivity index (χ3v) is 2.69. The van der Waals surface area contributed by atoms with Crippen molar-refractivity contribution in [2.24, 2.45) is 0 Å². The van der Waals surface area contributed by atoms with Gasteiger partial charge in [-0.15, -0.1) is 0 Å². The van der Waals surface area contributed by atoms with E-state index >= 15 is 0 Å². The molecule has 0 aliphatic rings. The summed E-state index contributed by atoms with van der Waals surface area (Å²) in [6.45, 7) is 11.7. The molecular weight excluding hydrogens is 200 g/mol. The number of hydrogen-bond donors (Lipinski definition) is 1. The summed E-state index contributed by atoms with van der Waals surface area (Å²) >= 11 is 0. The Kier molecular flexibility index (Phi) is 6.19. The van der Waals surface area contributed by atoms with Crippen molar-refractivity contribution < 1.29 is 4.42 Å². The van der Waals surface area contributed by atoms with E-state index in [-0.39, 0.29) is 0 Å². The first kappa shape index (κ1) is 13.3. The highest BCUT2D eigenvalue weighted by Crippen LogP contribution is 2.05. The predicted octanol–water partition coefficient (Wildman–Crippen LogP) is 2.41. The number of rotatable bonds is 8. The van der Waals surface area contributed by atoms with Crippen LogP contribution in [0.25, 0.3) is 0 Å². The van der Waals surface area contributed by atoms with E-state index in [1.165, 1.54) is 13.0 Å². The van der Waals surface area contributed by atoms with Gasteiger partial charge in [-0.05, 0) is 38.6 Å². The van der Waals surface area contributed by atoms with Crippen LogP contribution in [0.1, 0.15) is 31.8 Å². The van der Waals surface area contributed by atoms with Crippen molar-refractivity contribution >= 4 is 0 Å². The van der Waals surface area contributed by atoms with E-state index < -0.39 is 0 Å². The molecule has 1 heterocycles. The van der Waals surface area contributed by atoms with Crippen molar-refractivity contribution in [2.45, 2.75) is 33.7 Å². The van der Waals surface area contributed by atoms with E-state index in [0.717, 1.165) is 37.7 Å². The number of nitrogens with zero attached hydrogens (tertiary/aromatic N) is 1. The quantitative estimate of drug-likeness (QED) is 0.687. The molecule has 1 aromatic rings. The van der Waals surface area contributed by atoms with Crippen LogP contribution in [-0.4, -0.2) is 31.1 Å². The van der Waals surface area contributed by atoms with E-state index in [0.29, 0.717) is 0 Å². The topological polar surface area (TPSA) is 28.4 Å². The molecule has 1 N–H and O–H groups in total. The van der Waals surface area contributed by atoms with Crippen LogP contribution in [0.4, 0.5) is 0 Å². The van der Waals surface area contributed by atoms with Gasteiger partial charge in [0.15, 0.2) is 0 Å². The molecule has 0 atom stereocenters. The highest BCUT2D eigenvalue weighted by Gasteiger charge is 2.01. The zero-order chi connectivity index (χ0) is 11.8. The maximum Gasteiger partial charge on any atom is 0.117 e. The van der Waals surface area contributed by atoms with Crippen LogP contribution in [0.2, 0.25) is 0 Å². The minimum absolute atomic E-state index is 0.831. The molecule has 3 heteroatoms. The average molecular weight is 224 g/mol.